The van der Waals surface area contributed by atoms with Crippen LogP contribution in [0.25, 0.3) is 5.65 Å². The molecule has 0 aromatic carbocycles. The number of imidazole rings is 1. The van der Waals surface area contributed by atoms with Crippen LogP contribution in [0.2, 0.25) is 0 Å². The van der Waals surface area contributed by atoms with Gasteiger partial charge in [-0.3, -0.25) is 4.40 Å². The summed E-state index contributed by atoms with van der Waals surface area (Å²) in [6.07, 6.45) is 3.73. The molecule has 2 aromatic heterocycles. The molecule has 0 unspecified atom stereocenters. The summed E-state index contributed by atoms with van der Waals surface area (Å²) in [7, 11) is 0. The second kappa shape index (κ2) is 2.60. The first-order valence-electron chi connectivity index (χ1n) is 3.05. The maximum atomic E-state index is 4.17. The molecule has 4 heteroatoms. The standard InChI is InChI=1S/C7H4Br2N2/c8-5-1-2-11-6(9)4-10-7(11)3-5/h1-4H. The van der Waals surface area contributed by atoms with Gasteiger partial charge in [-0.15, -0.1) is 0 Å². The van der Waals surface area contributed by atoms with Crippen LogP contribution in [0.15, 0.2) is 33.6 Å². The second-order valence-corrected chi connectivity index (χ2v) is 3.88. The van der Waals surface area contributed by atoms with Crippen molar-refractivity contribution in [3.05, 3.63) is 33.6 Å². The number of nitrogens with zero attached hydrogens (tertiary/aromatic N) is 2. The summed E-state index contributed by atoms with van der Waals surface area (Å²) in [5.41, 5.74) is 0.936. The van der Waals surface area contributed by atoms with Gasteiger partial charge in [-0.05, 0) is 28.1 Å². The molecule has 0 atom stereocenters. The van der Waals surface area contributed by atoms with Gasteiger partial charge in [0.2, 0.25) is 0 Å². The molecular formula is C7H4Br2N2. The highest BCUT2D eigenvalue weighted by atomic mass is 79.9. The number of pyridine rings is 1. The van der Waals surface area contributed by atoms with Crippen molar-refractivity contribution < 1.29 is 0 Å². The predicted molar refractivity (Wildman–Crippen MR) is 50.6 cm³/mol. The van der Waals surface area contributed by atoms with Crippen LogP contribution in [0.5, 0.6) is 0 Å². The lowest BCUT2D eigenvalue weighted by Gasteiger charge is -1.93. The average Bonchev–Trinajstić information content (AvgIpc) is 2.32. The monoisotopic (exact) mass is 274 g/mol. The summed E-state index contributed by atoms with van der Waals surface area (Å²) < 4.78 is 3.98. The van der Waals surface area contributed by atoms with Crippen molar-refractivity contribution in [2.75, 3.05) is 0 Å². The molecule has 0 aliphatic rings. The molecule has 2 nitrogen and oxygen atoms in total. The largest absolute Gasteiger partial charge is 0.294 e. The van der Waals surface area contributed by atoms with E-state index in [-0.39, 0.29) is 0 Å². The molecule has 56 valence electrons. The molecule has 2 rings (SSSR count). The first kappa shape index (κ1) is 7.31. The number of fused-ring (bicyclic) bond motifs is 1. The Kier molecular flexibility index (Phi) is 1.73. The lowest BCUT2D eigenvalue weighted by molar-refractivity contribution is 1.15. The Labute approximate surface area is 80.5 Å². The lowest BCUT2D eigenvalue weighted by Crippen LogP contribution is -1.82. The van der Waals surface area contributed by atoms with E-state index in [0.29, 0.717) is 0 Å². The van der Waals surface area contributed by atoms with Gasteiger partial charge in [0.25, 0.3) is 0 Å². The molecule has 2 heterocycles. The molecule has 0 radical (unpaired) electrons. The van der Waals surface area contributed by atoms with Crippen LogP contribution in [0.4, 0.5) is 0 Å². The summed E-state index contributed by atoms with van der Waals surface area (Å²) in [5, 5.41) is 0. The van der Waals surface area contributed by atoms with E-state index in [1.165, 1.54) is 0 Å². The Bertz CT molecular complexity index is 394. The summed E-state index contributed by atoms with van der Waals surface area (Å²) in [4.78, 5) is 4.17. The molecule has 0 saturated carbocycles. The van der Waals surface area contributed by atoms with Crippen LogP contribution < -0.4 is 0 Å². The van der Waals surface area contributed by atoms with E-state index < -0.39 is 0 Å². The van der Waals surface area contributed by atoms with Gasteiger partial charge in [-0.25, -0.2) is 4.98 Å². The molecule has 11 heavy (non-hydrogen) atoms. The van der Waals surface area contributed by atoms with Crippen molar-refractivity contribution in [2.24, 2.45) is 0 Å². The third-order valence-corrected chi connectivity index (χ3v) is 2.51. The van der Waals surface area contributed by atoms with Crippen LogP contribution in [0, 0.1) is 0 Å². The maximum absolute atomic E-state index is 4.17. The summed E-state index contributed by atoms with van der Waals surface area (Å²) in [6.45, 7) is 0. The first-order chi connectivity index (χ1) is 5.27. The van der Waals surface area contributed by atoms with Crippen LogP contribution >= 0.6 is 31.9 Å². The molecule has 0 bridgehead atoms. The number of hydrogen-bond acceptors (Lipinski definition) is 1. The van der Waals surface area contributed by atoms with E-state index in [2.05, 4.69) is 36.8 Å². The average molecular weight is 276 g/mol. The van der Waals surface area contributed by atoms with E-state index >= 15 is 0 Å². The summed E-state index contributed by atoms with van der Waals surface area (Å²) >= 11 is 6.75. The SMILES string of the molecule is Brc1ccn2c(Br)cnc2c1. The summed E-state index contributed by atoms with van der Waals surface area (Å²) in [5.74, 6) is 0. The number of halogens is 2. The molecule has 0 spiro atoms. The number of rotatable bonds is 0. The quantitative estimate of drug-likeness (QED) is 0.723. The van der Waals surface area contributed by atoms with E-state index in [1.807, 2.05) is 22.7 Å². The molecule has 0 N–H and O–H groups in total. The van der Waals surface area contributed by atoms with E-state index in [1.54, 1.807) is 6.20 Å². The first-order valence-corrected chi connectivity index (χ1v) is 4.64. The van der Waals surface area contributed by atoms with E-state index in [0.717, 1.165) is 14.7 Å². The van der Waals surface area contributed by atoms with Crippen molar-refractivity contribution in [2.45, 2.75) is 0 Å². The van der Waals surface area contributed by atoms with Gasteiger partial charge < -0.3 is 0 Å². The highest BCUT2D eigenvalue weighted by Crippen LogP contribution is 2.16. The van der Waals surface area contributed by atoms with Gasteiger partial charge in [-0.1, -0.05) is 15.9 Å². The molecule has 0 saturated heterocycles. The van der Waals surface area contributed by atoms with Gasteiger partial charge in [0.1, 0.15) is 10.3 Å². The molecule has 2 aromatic rings. The van der Waals surface area contributed by atoms with Gasteiger partial charge in [0.15, 0.2) is 0 Å². The van der Waals surface area contributed by atoms with Crippen molar-refractivity contribution >= 4 is 37.5 Å². The van der Waals surface area contributed by atoms with Gasteiger partial charge in [0.05, 0.1) is 6.20 Å². The third kappa shape index (κ3) is 1.20. The highest BCUT2D eigenvalue weighted by molar-refractivity contribution is 9.10. The van der Waals surface area contributed by atoms with Crippen LogP contribution in [-0.4, -0.2) is 9.38 Å². The molecule has 0 amide bonds. The van der Waals surface area contributed by atoms with Gasteiger partial charge in [0, 0.05) is 10.7 Å². The Morgan fingerprint density at radius 1 is 1.36 bits per heavy atom. The smallest absolute Gasteiger partial charge is 0.138 e. The minimum Gasteiger partial charge on any atom is -0.294 e. The Balaban J connectivity index is 2.86. The third-order valence-electron chi connectivity index (χ3n) is 1.43. The minimum atomic E-state index is 0.936. The van der Waals surface area contributed by atoms with Crippen molar-refractivity contribution in [3.8, 4) is 0 Å². The lowest BCUT2D eigenvalue weighted by atomic mass is 10.5. The Morgan fingerprint density at radius 3 is 3.00 bits per heavy atom. The fourth-order valence-electron chi connectivity index (χ4n) is 0.925. The topological polar surface area (TPSA) is 17.3 Å². The van der Waals surface area contributed by atoms with Gasteiger partial charge in [-0.2, -0.15) is 0 Å². The number of aromatic nitrogens is 2. The zero-order valence-corrected chi connectivity index (χ0v) is 8.63. The van der Waals surface area contributed by atoms with Gasteiger partial charge >= 0.3 is 0 Å². The maximum Gasteiger partial charge on any atom is 0.138 e. The summed E-state index contributed by atoms with van der Waals surface area (Å²) in [6, 6.07) is 3.93. The van der Waals surface area contributed by atoms with E-state index in [4.69, 9.17) is 0 Å². The molecule has 0 aliphatic carbocycles. The second-order valence-electron chi connectivity index (χ2n) is 2.15. The van der Waals surface area contributed by atoms with Crippen molar-refractivity contribution in [3.63, 3.8) is 0 Å². The molecular weight excluding hydrogens is 272 g/mol. The highest BCUT2D eigenvalue weighted by Gasteiger charge is 1.98. The predicted octanol–water partition coefficient (Wildman–Crippen LogP) is 2.86. The Morgan fingerprint density at radius 2 is 2.18 bits per heavy atom. The van der Waals surface area contributed by atoms with Crippen molar-refractivity contribution in [1.29, 1.82) is 0 Å². The van der Waals surface area contributed by atoms with E-state index in [9.17, 15) is 0 Å². The van der Waals surface area contributed by atoms with Crippen molar-refractivity contribution in [1.82, 2.24) is 9.38 Å². The zero-order chi connectivity index (χ0) is 7.84. The van der Waals surface area contributed by atoms with Crippen LogP contribution in [0.1, 0.15) is 0 Å². The van der Waals surface area contributed by atoms with Crippen LogP contribution in [0.3, 0.4) is 0 Å². The fourth-order valence-corrected chi connectivity index (χ4v) is 1.65. The zero-order valence-electron chi connectivity index (χ0n) is 5.46. The molecule has 0 fully saturated rings. The number of hydrogen-bond donors (Lipinski definition) is 0. The van der Waals surface area contributed by atoms with Crippen LogP contribution in [-0.2, 0) is 0 Å². The fraction of sp³-hybridized carbons (Fsp3) is 0. The Hall–Kier alpha value is -0.350. The minimum absolute atomic E-state index is 0.936. The normalized spacial score (nSPS) is 10.7. The molecule has 0 aliphatic heterocycles.